The first-order chi connectivity index (χ1) is 14.4. The van der Waals surface area contributed by atoms with Crippen LogP contribution in [0.4, 0.5) is 23.2 Å². The van der Waals surface area contributed by atoms with Gasteiger partial charge in [0.15, 0.2) is 0 Å². The van der Waals surface area contributed by atoms with E-state index in [0.29, 0.717) is 0 Å². The van der Waals surface area contributed by atoms with Crippen LogP contribution in [0.3, 0.4) is 0 Å². The molecule has 1 aliphatic carbocycles. The molecule has 0 radical (unpaired) electrons. The van der Waals surface area contributed by atoms with Gasteiger partial charge in [-0.1, -0.05) is 0 Å². The fraction of sp³-hybridized carbons (Fsp3) is 0.333. The first-order valence-corrected chi connectivity index (χ1v) is 9.22. The first kappa shape index (κ1) is 22.2. The predicted octanol–water partition coefficient (Wildman–Crippen LogP) is 4.08. The van der Waals surface area contributed by atoms with Crippen molar-refractivity contribution in [2.45, 2.75) is 32.4 Å². The van der Waals surface area contributed by atoms with Crippen LogP contribution in [0, 0.1) is 29.5 Å². The number of halogens is 4. The van der Waals surface area contributed by atoms with Crippen molar-refractivity contribution in [1.29, 1.82) is 5.26 Å². The highest BCUT2D eigenvalue weighted by Gasteiger charge is 2.64. The number of nitrogens with zero attached hydrogens (tertiary/aromatic N) is 2. The third-order valence-electron chi connectivity index (χ3n) is 5.56. The number of nitriles is 1. The van der Waals surface area contributed by atoms with E-state index in [2.05, 4.69) is 5.32 Å². The van der Waals surface area contributed by atoms with Gasteiger partial charge in [-0.15, -0.1) is 0 Å². The van der Waals surface area contributed by atoms with Crippen LogP contribution in [-0.4, -0.2) is 28.2 Å². The second-order valence-corrected chi connectivity index (χ2v) is 7.56. The van der Waals surface area contributed by atoms with Crippen LogP contribution in [0.25, 0.3) is 0 Å². The average molecular weight is 435 g/mol. The molecule has 1 heterocycles. The molecule has 6 nitrogen and oxygen atoms in total. The minimum Gasteiger partial charge on any atom is -0.343 e. The predicted molar refractivity (Wildman–Crippen MR) is 101 cm³/mol. The third kappa shape index (κ3) is 4.08. The number of Topliss-reactive ketones (excluding diaryl/α,β-unsaturated/α-hetero) is 2. The van der Waals surface area contributed by atoms with E-state index in [9.17, 15) is 31.9 Å². The summed E-state index contributed by atoms with van der Waals surface area (Å²) in [5, 5.41) is 11.3. The highest BCUT2D eigenvalue weighted by atomic mass is 19.4. The molecule has 0 aliphatic heterocycles. The van der Waals surface area contributed by atoms with Gasteiger partial charge in [-0.05, 0) is 44.0 Å². The Bertz CT molecular complexity index is 1140. The number of carbonyl (C=O) groups excluding carboxylic acids is 3. The Morgan fingerprint density at radius 1 is 1.23 bits per heavy atom. The molecular formula is C21H17F4N3O3. The molecule has 0 saturated heterocycles. The highest BCUT2D eigenvalue weighted by Crippen LogP contribution is 2.60. The molecule has 0 spiro atoms. The molecule has 1 fully saturated rings. The molecule has 1 aromatic carbocycles. The van der Waals surface area contributed by atoms with Crippen molar-refractivity contribution in [2.75, 3.05) is 5.32 Å². The molecule has 0 unspecified atom stereocenters. The van der Waals surface area contributed by atoms with E-state index in [1.807, 2.05) is 0 Å². The molecule has 1 aromatic heterocycles. The lowest BCUT2D eigenvalue weighted by molar-refractivity contribution is -0.189. The van der Waals surface area contributed by atoms with Gasteiger partial charge in [-0.2, -0.15) is 18.4 Å². The van der Waals surface area contributed by atoms with E-state index in [1.165, 1.54) is 24.6 Å². The minimum absolute atomic E-state index is 0.0339. The van der Waals surface area contributed by atoms with Gasteiger partial charge in [0.2, 0.25) is 11.6 Å². The van der Waals surface area contributed by atoms with Gasteiger partial charge in [0.1, 0.15) is 17.6 Å². The molecule has 10 heteroatoms. The van der Waals surface area contributed by atoms with Gasteiger partial charge in [-0.3, -0.25) is 14.4 Å². The molecule has 0 atom stereocenters. The van der Waals surface area contributed by atoms with Crippen LogP contribution >= 0.6 is 0 Å². The summed E-state index contributed by atoms with van der Waals surface area (Å²) >= 11 is 0. The number of benzene rings is 1. The normalized spacial score (nSPS) is 14.6. The second kappa shape index (κ2) is 7.65. The van der Waals surface area contributed by atoms with Crippen LogP contribution in [0.5, 0.6) is 0 Å². The second-order valence-electron chi connectivity index (χ2n) is 7.56. The Kier molecular flexibility index (Phi) is 5.48. The van der Waals surface area contributed by atoms with Crippen LogP contribution in [0.15, 0.2) is 24.3 Å². The van der Waals surface area contributed by atoms with Crippen molar-refractivity contribution in [1.82, 2.24) is 4.57 Å². The van der Waals surface area contributed by atoms with E-state index >= 15 is 0 Å². The number of amides is 1. The van der Waals surface area contributed by atoms with Crippen molar-refractivity contribution < 1.29 is 31.9 Å². The smallest absolute Gasteiger partial charge is 0.343 e. The number of carbonyl (C=O) groups is 3. The van der Waals surface area contributed by atoms with Gasteiger partial charge in [0.05, 0.1) is 11.0 Å². The van der Waals surface area contributed by atoms with Crippen LogP contribution < -0.4 is 5.32 Å². The van der Waals surface area contributed by atoms with Gasteiger partial charge >= 0.3 is 6.18 Å². The zero-order valence-corrected chi connectivity index (χ0v) is 16.6. The Labute approximate surface area is 174 Å². The third-order valence-corrected chi connectivity index (χ3v) is 5.56. The first-order valence-electron chi connectivity index (χ1n) is 9.22. The topological polar surface area (TPSA) is 92.0 Å². The summed E-state index contributed by atoms with van der Waals surface area (Å²) in [5.41, 5.74) is -2.24. The Balaban J connectivity index is 1.81. The molecule has 1 saturated carbocycles. The lowest BCUT2D eigenvalue weighted by Gasteiger charge is -2.17. The number of alkyl halides is 3. The molecule has 0 bridgehead atoms. The van der Waals surface area contributed by atoms with Gasteiger partial charge < -0.3 is 9.88 Å². The van der Waals surface area contributed by atoms with Gasteiger partial charge in [0, 0.05) is 30.4 Å². The Hall–Kier alpha value is -3.48. The lowest BCUT2D eigenvalue weighted by Crippen LogP contribution is -2.30. The number of hydrogen-bond acceptors (Lipinski definition) is 4. The summed E-state index contributed by atoms with van der Waals surface area (Å²) in [4.78, 5) is 37.4. The van der Waals surface area contributed by atoms with Crippen molar-refractivity contribution in [3.63, 3.8) is 0 Å². The van der Waals surface area contributed by atoms with Crippen molar-refractivity contribution in [2.24, 2.45) is 12.5 Å². The molecule has 162 valence electrons. The summed E-state index contributed by atoms with van der Waals surface area (Å²) in [6.45, 7) is 1.46. The van der Waals surface area contributed by atoms with Crippen molar-refractivity contribution >= 4 is 23.2 Å². The largest absolute Gasteiger partial charge is 0.394 e. The van der Waals surface area contributed by atoms with Gasteiger partial charge in [0.25, 0.3) is 5.91 Å². The summed E-state index contributed by atoms with van der Waals surface area (Å²) in [6.07, 6.45) is -5.87. The molecule has 1 N–H and O–H groups in total. The van der Waals surface area contributed by atoms with E-state index in [4.69, 9.17) is 5.26 Å². The molecule has 1 aliphatic rings. The van der Waals surface area contributed by atoms with Crippen LogP contribution in [0.2, 0.25) is 0 Å². The van der Waals surface area contributed by atoms with E-state index in [-0.39, 0.29) is 41.0 Å². The Morgan fingerprint density at radius 2 is 1.87 bits per heavy atom. The molecular weight excluding hydrogens is 418 g/mol. The standard InChI is InChI=1S/C21H17F4N3O3/c1-11-14(18(30)17(29)9-20(5-6-20)21(23,24)25)8-16(28(11)2)19(31)27-13-3-4-15(22)12(7-13)10-26/h3-4,7-8H,5-6,9H2,1-2H3,(H,27,31). The minimum atomic E-state index is -4.56. The number of aromatic nitrogens is 1. The maximum absolute atomic E-state index is 13.4. The van der Waals surface area contributed by atoms with Crippen LogP contribution in [0.1, 0.15) is 51.4 Å². The average Bonchev–Trinajstić information content (AvgIpc) is 3.43. The zero-order chi connectivity index (χ0) is 23.1. The molecule has 31 heavy (non-hydrogen) atoms. The van der Waals surface area contributed by atoms with Gasteiger partial charge in [-0.25, -0.2) is 4.39 Å². The van der Waals surface area contributed by atoms with E-state index in [0.717, 1.165) is 18.2 Å². The van der Waals surface area contributed by atoms with E-state index in [1.54, 1.807) is 6.07 Å². The number of ketones is 2. The maximum atomic E-state index is 13.4. The molecule has 1 amide bonds. The number of nitrogens with one attached hydrogen (secondary N) is 1. The van der Waals surface area contributed by atoms with Crippen molar-refractivity contribution in [3.05, 3.63) is 52.6 Å². The monoisotopic (exact) mass is 435 g/mol. The SMILES string of the molecule is Cc1c(C(=O)C(=O)CC2(C(F)(F)F)CC2)cc(C(=O)Nc2ccc(F)c(C#N)c2)n1C. The summed E-state index contributed by atoms with van der Waals surface area (Å²) in [6, 6.07) is 6.15. The van der Waals surface area contributed by atoms with Crippen molar-refractivity contribution in [3.8, 4) is 6.07 Å². The quantitative estimate of drug-likeness (QED) is 0.421. The Morgan fingerprint density at radius 3 is 2.42 bits per heavy atom. The van der Waals surface area contributed by atoms with Crippen LogP contribution in [-0.2, 0) is 11.8 Å². The zero-order valence-electron chi connectivity index (χ0n) is 16.6. The fourth-order valence-electron chi connectivity index (χ4n) is 3.28. The number of anilines is 1. The highest BCUT2D eigenvalue weighted by molar-refractivity contribution is 6.44. The summed E-state index contributed by atoms with van der Waals surface area (Å²) in [5.74, 6) is -3.71. The number of hydrogen-bond donors (Lipinski definition) is 1. The molecule has 3 rings (SSSR count). The fourth-order valence-corrected chi connectivity index (χ4v) is 3.28. The van der Waals surface area contributed by atoms with E-state index < -0.39 is 41.3 Å². The summed E-state index contributed by atoms with van der Waals surface area (Å²) in [7, 11) is 1.45. The number of rotatable bonds is 6. The lowest BCUT2D eigenvalue weighted by atomic mass is 9.94. The maximum Gasteiger partial charge on any atom is 0.394 e. The summed E-state index contributed by atoms with van der Waals surface area (Å²) < 4.78 is 54.0. The molecule has 2 aromatic rings.